The molecule has 0 spiro atoms. The van der Waals surface area contributed by atoms with Crippen LogP contribution in [0.5, 0.6) is 0 Å². The fraction of sp³-hybridized carbons (Fsp3) is 0.600. The van der Waals surface area contributed by atoms with E-state index in [-0.39, 0.29) is 12.0 Å². The third kappa shape index (κ3) is 2.79. The summed E-state index contributed by atoms with van der Waals surface area (Å²) in [6.45, 7) is 1.08. The number of hydrogen-bond donors (Lipinski definition) is 2. The van der Waals surface area contributed by atoms with Gasteiger partial charge in [0.05, 0.1) is 17.4 Å². The molecule has 1 fully saturated rings. The maximum atomic E-state index is 8.90. The molecule has 1 aromatic heterocycles. The second-order valence-corrected chi connectivity index (χ2v) is 4.49. The first-order chi connectivity index (χ1) is 7.24. The summed E-state index contributed by atoms with van der Waals surface area (Å²) in [5.41, 5.74) is 0.276. The lowest BCUT2D eigenvalue weighted by Crippen LogP contribution is -2.17. The Kier molecular flexibility index (Phi) is 3.07. The fourth-order valence-corrected chi connectivity index (χ4v) is 1.70. The second-order valence-electron chi connectivity index (χ2n) is 4.05. The molecule has 1 heterocycles. The summed E-state index contributed by atoms with van der Waals surface area (Å²) in [6, 6.07) is 0. The highest BCUT2D eigenvalue weighted by Crippen LogP contribution is 2.48. The maximum Gasteiger partial charge on any atom is 0.222 e. The number of aromatic nitrogens is 2. The van der Waals surface area contributed by atoms with Crippen molar-refractivity contribution in [3.8, 4) is 0 Å². The normalized spacial score (nSPS) is 17.5. The van der Waals surface area contributed by atoms with Crippen LogP contribution in [-0.2, 0) is 0 Å². The van der Waals surface area contributed by atoms with Crippen LogP contribution in [0.4, 0.5) is 5.95 Å². The topological polar surface area (TPSA) is 58.0 Å². The molecule has 0 bridgehead atoms. The fourth-order valence-electron chi connectivity index (χ4n) is 1.60. The van der Waals surface area contributed by atoms with Crippen LogP contribution in [-0.4, -0.2) is 28.2 Å². The van der Waals surface area contributed by atoms with Crippen LogP contribution in [0.2, 0.25) is 5.02 Å². The van der Waals surface area contributed by atoms with E-state index in [9.17, 15) is 0 Å². The molecular formula is C10H14ClN3O. The Morgan fingerprint density at radius 3 is 2.60 bits per heavy atom. The molecule has 82 valence electrons. The maximum absolute atomic E-state index is 8.90. The highest BCUT2D eigenvalue weighted by atomic mass is 35.5. The van der Waals surface area contributed by atoms with Gasteiger partial charge in [0.1, 0.15) is 0 Å². The van der Waals surface area contributed by atoms with Gasteiger partial charge in [-0.15, -0.1) is 0 Å². The van der Waals surface area contributed by atoms with Crippen molar-refractivity contribution in [1.29, 1.82) is 0 Å². The van der Waals surface area contributed by atoms with E-state index >= 15 is 0 Å². The van der Waals surface area contributed by atoms with Crippen molar-refractivity contribution >= 4 is 17.5 Å². The van der Waals surface area contributed by atoms with Gasteiger partial charge < -0.3 is 10.4 Å². The molecule has 0 radical (unpaired) electrons. The number of nitrogens with zero attached hydrogens (tertiary/aromatic N) is 2. The average molecular weight is 228 g/mol. The van der Waals surface area contributed by atoms with Gasteiger partial charge in [-0.2, -0.15) is 0 Å². The van der Waals surface area contributed by atoms with Crippen molar-refractivity contribution in [2.24, 2.45) is 5.41 Å². The first-order valence-electron chi connectivity index (χ1n) is 5.06. The summed E-state index contributed by atoms with van der Waals surface area (Å²) in [6.07, 6.45) is 6.35. The van der Waals surface area contributed by atoms with Crippen LogP contribution in [0.15, 0.2) is 12.4 Å². The van der Waals surface area contributed by atoms with Gasteiger partial charge in [-0.3, -0.25) is 0 Å². The molecule has 2 rings (SSSR count). The van der Waals surface area contributed by atoms with Crippen molar-refractivity contribution in [3.63, 3.8) is 0 Å². The van der Waals surface area contributed by atoms with Crippen LogP contribution in [0, 0.1) is 5.41 Å². The van der Waals surface area contributed by atoms with Gasteiger partial charge in [0, 0.05) is 13.2 Å². The molecule has 4 nitrogen and oxygen atoms in total. The zero-order valence-electron chi connectivity index (χ0n) is 8.41. The van der Waals surface area contributed by atoms with Crippen LogP contribution in [0.3, 0.4) is 0 Å². The summed E-state index contributed by atoms with van der Waals surface area (Å²) >= 11 is 5.68. The van der Waals surface area contributed by atoms with Crippen molar-refractivity contribution in [2.75, 3.05) is 18.5 Å². The zero-order chi connectivity index (χ0) is 10.7. The molecule has 0 saturated heterocycles. The lowest BCUT2D eigenvalue weighted by molar-refractivity contribution is 0.253. The van der Waals surface area contributed by atoms with E-state index in [2.05, 4.69) is 15.3 Å². The van der Waals surface area contributed by atoms with Crippen LogP contribution < -0.4 is 5.32 Å². The lowest BCUT2D eigenvalue weighted by Gasteiger charge is -2.13. The number of anilines is 1. The molecule has 0 unspecified atom stereocenters. The minimum Gasteiger partial charge on any atom is -0.396 e. The summed E-state index contributed by atoms with van der Waals surface area (Å²) in [5.74, 6) is 0.601. The van der Waals surface area contributed by atoms with E-state index < -0.39 is 0 Å². The van der Waals surface area contributed by atoms with Gasteiger partial charge in [-0.05, 0) is 24.7 Å². The summed E-state index contributed by atoms with van der Waals surface area (Å²) in [7, 11) is 0. The lowest BCUT2D eigenvalue weighted by atomic mass is 10.0. The molecule has 5 heteroatoms. The van der Waals surface area contributed by atoms with Gasteiger partial charge in [0.2, 0.25) is 5.95 Å². The van der Waals surface area contributed by atoms with Gasteiger partial charge in [0.25, 0.3) is 0 Å². The number of rotatable bonds is 5. The largest absolute Gasteiger partial charge is 0.396 e. The van der Waals surface area contributed by atoms with Gasteiger partial charge in [-0.25, -0.2) is 9.97 Å². The molecule has 0 atom stereocenters. The molecule has 0 aliphatic heterocycles. The van der Waals surface area contributed by atoms with Gasteiger partial charge in [0.15, 0.2) is 0 Å². The highest BCUT2D eigenvalue weighted by molar-refractivity contribution is 6.30. The van der Waals surface area contributed by atoms with Gasteiger partial charge >= 0.3 is 0 Å². The predicted molar refractivity (Wildman–Crippen MR) is 58.9 cm³/mol. The summed E-state index contributed by atoms with van der Waals surface area (Å²) < 4.78 is 0. The molecule has 1 aliphatic rings. The first-order valence-corrected chi connectivity index (χ1v) is 5.44. The molecule has 15 heavy (non-hydrogen) atoms. The van der Waals surface area contributed by atoms with Crippen LogP contribution >= 0.6 is 11.6 Å². The smallest absolute Gasteiger partial charge is 0.222 e. The van der Waals surface area contributed by atoms with Crippen molar-refractivity contribution in [2.45, 2.75) is 19.3 Å². The third-order valence-electron chi connectivity index (χ3n) is 2.84. The molecule has 2 N–H and O–H groups in total. The monoisotopic (exact) mass is 227 g/mol. The van der Waals surface area contributed by atoms with E-state index in [4.69, 9.17) is 16.7 Å². The van der Waals surface area contributed by atoms with Gasteiger partial charge in [-0.1, -0.05) is 11.6 Å². The minimum atomic E-state index is 0.253. The van der Waals surface area contributed by atoms with E-state index in [1.54, 1.807) is 12.4 Å². The Labute approximate surface area is 93.7 Å². The number of aliphatic hydroxyl groups excluding tert-OH is 1. The quantitative estimate of drug-likeness (QED) is 0.804. The van der Waals surface area contributed by atoms with E-state index in [1.807, 2.05) is 0 Å². The Balaban J connectivity index is 1.85. The zero-order valence-corrected chi connectivity index (χ0v) is 9.17. The van der Waals surface area contributed by atoms with E-state index in [0.29, 0.717) is 11.0 Å². The summed E-state index contributed by atoms with van der Waals surface area (Å²) in [5, 5.41) is 12.6. The summed E-state index contributed by atoms with van der Waals surface area (Å²) in [4.78, 5) is 8.11. The number of nitrogens with one attached hydrogen (secondary N) is 1. The minimum absolute atomic E-state index is 0.253. The van der Waals surface area contributed by atoms with Crippen LogP contribution in [0.25, 0.3) is 0 Å². The van der Waals surface area contributed by atoms with E-state index in [1.165, 1.54) is 12.8 Å². The SMILES string of the molecule is OCCC1(CNc2ncc(Cl)cn2)CC1. The number of halogens is 1. The standard InChI is InChI=1S/C10H14ClN3O/c11-8-5-12-9(13-6-8)14-7-10(1-2-10)3-4-15/h5-6,15H,1-4,7H2,(H,12,13,14). The van der Waals surface area contributed by atoms with Crippen molar-refractivity contribution < 1.29 is 5.11 Å². The number of hydrogen-bond acceptors (Lipinski definition) is 4. The molecule has 1 aromatic rings. The Bertz CT molecular complexity index is 324. The van der Waals surface area contributed by atoms with Crippen LogP contribution in [0.1, 0.15) is 19.3 Å². The average Bonchev–Trinajstić information content (AvgIpc) is 2.99. The Hall–Kier alpha value is -0.870. The first kappa shape index (κ1) is 10.6. The molecule has 0 amide bonds. The van der Waals surface area contributed by atoms with E-state index in [0.717, 1.165) is 13.0 Å². The molecule has 0 aromatic carbocycles. The van der Waals surface area contributed by atoms with Crippen molar-refractivity contribution in [1.82, 2.24) is 9.97 Å². The van der Waals surface area contributed by atoms with Crippen molar-refractivity contribution in [3.05, 3.63) is 17.4 Å². The molecule has 1 saturated carbocycles. The third-order valence-corrected chi connectivity index (χ3v) is 3.04. The Morgan fingerprint density at radius 2 is 2.07 bits per heavy atom. The molecular weight excluding hydrogens is 214 g/mol. The Morgan fingerprint density at radius 1 is 1.40 bits per heavy atom. The predicted octanol–water partition coefficient (Wildman–Crippen LogP) is 1.70. The molecule has 1 aliphatic carbocycles. The number of aliphatic hydroxyl groups is 1. The highest BCUT2D eigenvalue weighted by Gasteiger charge is 2.41. The second kappa shape index (κ2) is 4.33.